The van der Waals surface area contributed by atoms with Gasteiger partial charge in [0.1, 0.15) is 0 Å². The van der Waals surface area contributed by atoms with Crippen LogP contribution in [-0.4, -0.2) is 29.7 Å². The molecule has 1 aliphatic carbocycles. The van der Waals surface area contributed by atoms with Crippen LogP contribution >= 0.6 is 23.2 Å². The van der Waals surface area contributed by atoms with Crippen molar-refractivity contribution >= 4 is 34.8 Å². The van der Waals surface area contributed by atoms with E-state index in [1.165, 1.54) is 12.0 Å². The molecule has 2 aromatic rings. The maximum Gasteiger partial charge on any atom is 0.273 e. The highest BCUT2D eigenvalue weighted by molar-refractivity contribution is 6.42. The van der Waals surface area contributed by atoms with Crippen LogP contribution in [0.25, 0.3) is 0 Å². The molecule has 0 saturated heterocycles. The predicted octanol–water partition coefficient (Wildman–Crippen LogP) is 3.68. The maximum absolute atomic E-state index is 11.9. The van der Waals surface area contributed by atoms with Gasteiger partial charge in [-0.3, -0.25) is 4.79 Å². The van der Waals surface area contributed by atoms with Crippen LogP contribution in [0.1, 0.15) is 35.3 Å². The van der Waals surface area contributed by atoms with Crippen molar-refractivity contribution in [1.82, 2.24) is 15.5 Å². The number of aromatic nitrogens is 2. The number of halogens is 2. The van der Waals surface area contributed by atoms with E-state index in [0.717, 1.165) is 12.8 Å². The zero-order chi connectivity index (χ0) is 17.2. The molecule has 7 heteroatoms. The van der Waals surface area contributed by atoms with E-state index in [9.17, 15) is 4.79 Å². The topological polar surface area (TPSA) is 66.9 Å². The van der Waals surface area contributed by atoms with Crippen molar-refractivity contribution in [1.29, 1.82) is 0 Å². The molecule has 1 aliphatic rings. The number of anilines is 1. The van der Waals surface area contributed by atoms with Gasteiger partial charge in [-0.15, -0.1) is 5.10 Å². The number of benzene rings is 1. The average molecular weight is 365 g/mol. The first-order valence-electron chi connectivity index (χ1n) is 7.79. The molecule has 126 valence electrons. The highest BCUT2D eigenvalue weighted by Crippen LogP contribution is 2.45. The summed E-state index contributed by atoms with van der Waals surface area (Å²) in [6.07, 6.45) is 4.86. The van der Waals surface area contributed by atoms with Crippen molar-refractivity contribution in [3.63, 3.8) is 0 Å². The van der Waals surface area contributed by atoms with E-state index in [1.54, 1.807) is 19.3 Å². The van der Waals surface area contributed by atoms with Crippen molar-refractivity contribution in [3.05, 3.63) is 51.8 Å². The largest absolute Gasteiger partial charge is 0.382 e. The lowest BCUT2D eigenvalue weighted by Crippen LogP contribution is -2.41. The number of nitrogens with one attached hydrogen (secondary N) is 2. The molecule has 1 saturated carbocycles. The summed E-state index contributed by atoms with van der Waals surface area (Å²) in [6.45, 7) is 0.695. The number of nitrogens with zero attached hydrogens (tertiary/aromatic N) is 2. The smallest absolute Gasteiger partial charge is 0.273 e. The number of carbonyl (C=O) groups is 1. The van der Waals surface area contributed by atoms with Gasteiger partial charge in [-0.05, 0) is 36.6 Å². The second-order valence-electron chi connectivity index (χ2n) is 5.99. The fourth-order valence-electron chi connectivity index (χ4n) is 3.02. The van der Waals surface area contributed by atoms with Crippen molar-refractivity contribution in [3.8, 4) is 0 Å². The first kappa shape index (κ1) is 17.0. The van der Waals surface area contributed by atoms with Crippen molar-refractivity contribution in [2.75, 3.05) is 18.9 Å². The number of carbonyl (C=O) groups excluding carboxylic acids is 1. The summed E-state index contributed by atoms with van der Waals surface area (Å²) in [5, 5.41) is 14.8. The predicted molar refractivity (Wildman–Crippen MR) is 95.9 cm³/mol. The molecule has 0 aliphatic heterocycles. The summed E-state index contributed by atoms with van der Waals surface area (Å²) in [6, 6.07) is 7.57. The zero-order valence-corrected chi connectivity index (χ0v) is 14.8. The highest BCUT2D eigenvalue weighted by Gasteiger charge is 2.39. The zero-order valence-electron chi connectivity index (χ0n) is 13.3. The standard InChI is InChI=1S/C17H18Cl2N4O/c1-20-16(24)15-14(5-8-22-23-15)21-10-17(6-2-7-17)11-3-4-12(18)13(19)9-11/h3-5,8-9H,2,6-7,10H2,1H3,(H,20,24)(H,21,22). The Morgan fingerprint density at radius 2 is 2.04 bits per heavy atom. The van der Waals surface area contributed by atoms with Gasteiger partial charge in [-0.1, -0.05) is 35.7 Å². The van der Waals surface area contributed by atoms with E-state index in [2.05, 4.69) is 20.8 Å². The molecule has 0 spiro atoms. The first-order valence-corrected chi connectivity index (χ1v) is 8.54. The molecule has 1 heterocycles. The van der Waals surface area contributed by atoms with E-state index >= 15 is 0 Å². The van der Waals surface area contributed by atoms with Crippen LogP contribution in [0.15, 0.2) is 30.5 Å². The SMILES string of the molecule is CNC(=O)c1nnccc1NCC1(c2ccc(Cl)c(Cl)c2)CCC1. The molecule has 1 fully saturated rings. The Balaban J connectivity index is 1.82. The van der Waals surface area contributed by atoms with E-state index < -0.39 is 0 Å². The van der Waals surface area contributed by atoms with Gasteiger partial charge in [0.25, 0.3) is 5.91 Å². The van der Waals surface area contributed by atoms with E-state index in [-0.39, 0.29) is 11.3 Å². The van der Waals surface area contributed by atoms with Gasteiger partial charge in [0.2, 0.25) is 0 Å². The second-order valence-corrected chi connectivity index (χ2v) is 6.80. The Labute approximate surface area is 150 Å². The minimum atomic E-state index is -0.261. The van der Waals surface area contributed by atoms with Crippen LogP contribution in [0.2, 0.25) is 10.0 Å². The van der Waals surface area contributed by atoms with Gasteiger partial charge in [-0.25, -0.2) is 0 Å². The molecule has 3 rings (SSSR count). The van der Waals surface area contributed by atoms with Crippen molar-refractivity contribution in [2.45, 2.75) is 24.7 Å². The Morgan fingerprint density at radius 1 is 1.25 bits per heavy atom. The third-order valence-corrected chi connectivity index (χ3v) is 5.36. The average Bonchev–Trinajstić information content (AvgIpc) is 2.56. The lowest BCUT2D eigenvalue weighted by Gasteiger charge is -2.43. The van der Waals surface area contributed by atoms with Gasteiger partial charge >= 0.3 is 0 Å². The normalized spacial score (nSPS) is 15.5. The van der Waals surface area contributed by atoms with Crippen LogP contribution in [0.3, 0.4) is 0 Å². The monoisotopic (exact) mass is 364 g/mol. The molecule has 1 aromatic heterocycles. The summed E-state index contributed by atoms with van der Waals surface area (Å²) >= 11 is 12.2. The van der Waals surface area contributed by atoms with Crippen LogP contribution in [-0.2, 0) is 5.41 Å². The van der Waals surface area contributed by atoms with Gasteiger partial charge in [0.05, 0.1) is 21.9 Å². The molecule has 0 radical (unpaired) electrons. The Kier molecular flexibility index (Phi) is 4.92. The Bertz CT molecular complexity index is 762. The van der Waals surface area contributed by atoms with Crippen LogP contribution in [0.4, 0.5) is 5.69 Å². The molecular formula is C17H18Cl2N4O. The molecule has 0 atom stereocenters. The minimum Gasteiger partial charge on any atom is -0.382 e. The third kappa shape index (κ3) is 3.19. The lowest BCUT2D eigenvalue weighted by molar-refractivity contribution is 0.0958. The molecule has 0 bridgehead atoms. The summed E-state index contributed by atoms with van der Waals surface area (Å²) in [5.41, 5.74) is 2.13. The van der Waals surface area contributed by atoms with E-state index in [1.807, 2.05) is 18.2 Å². The minimum absolute atomic E-state index is 0.00252. The molecule has 2 N–H and O–H groups in total. The number of hydrogen-bond donors (Lipinski definition) is 2. The van der Waals surface area contributed by atoms with Gasteiger partial charge in [0, 0.05) is 19.0 Å². The van der Waals surface area contributed by atoms with E-state index in [4.69, 9.17) is 23.2 Å². The van der Waals surface area contributed by atoms with Crippen molar-refractivity contribution < 1.29 is 4.79 Å². The lowest BCUT2D eigenvalue weighted by atomic mass is 9.64. The van der Waals surface area contributed by atoms with E-state index in [0.29, 0.717) is 28.0 Å². The van der Waals surface area contributed by atoms with Gasteiger partial charge in [-0.2, -0.15) is 5.10 Å². The highest BCUT2D eigenvalue weighted by atomic mass is 35.5. The Morgan fingerprint density at radius 3 is 2.67 bits per heavy atom. The third-order valence-electron chi connectivity index (χ3n) is 4.62. The first-order chi connectivity index (χ1) is 11.6. The quantitative estimate of drug-likeness (QED) is 0.848. The van der Waals surface area contributed by atoms with Gasteiger partial charge < -0.3 is 10.6 Å². The number of rotatable bonds is 5. The summed E-state index contributed by atoms with van der Waals surface area (Å²) < 4.78 is 0. The second kappa shape index (κ2) is 6.95. The van der Waals surface area contributed by atoms with Crippen LogP contribution < -0.4 is 10.6 Å². The van der Waals surface area contributed by atoms with Crippen molar-refractivity contribution in [2.24, 2.45) is 0 Å². The molecule has 0 unspecified atom stereocenters. The summed E-state index contributed by atoms with van der Waals surface area (Å²) in [5.74, 6) is -0.261. The van der Waals surface area contributed by atoms with Crippen LogP contribution in [0, 0.1) is 0 Å². The fourth-order valence-corrected chi connectivity index (χ4v) is 3.32. The molecule has 1 amide bonds. The number of hydrogen-bond acceptors (Lipinski definition) is 4. The maximum atomic E-state index is 11.9. The van der Waals surface area contributed by atoms with Crippen LogP contribution in [0.5, 0.6) is 0 Å². The Hall–Kier alpha value is -1.85. The van der Waals surface area contributed by atoms with Gasteiger partial charge in [0.15, 0.2) is 5.69 Å². The molecule has 1 aromatic carbocycles. The molecular weight excluding hydrogens is 347 g/mol. The summed E-state index contributed by atoms with van der Waals surface area (Å²) in [7, 11) is 1.57. The number of amides is 1. The molecule has 5 nitrogen and oxygen atoms in total. The summed E-state index contributed by atoms with van der Waals surface area (Å²) in [4.78, 5) is 11.9. The fraction of sp³-hybridized carbons (Fsp3) is 0.353. The molecule has 24 heavy (non-hydrogen) atoms.